The lowest BCUT2D eigenvalue weighted by molar-refractivity contribution is 0.223. The summed E-state index contributed by atoms with van der Waals surface area (Å²) < 4.78 is 0. The summed E-state index contributed by atoms with van der Waals surface area (Å²) in [6.45, 7) is 2.25. The van der Waals surface area contributed by atoms with Gasteiger partial charge in [0.2, 0.25) is 0 Å². The van der Waals surface area contributed by atoms with E-state index in [0.29, 0.717) is 6.04 Å². The van der Waals surface area contributed by atoms with Crippen LogP contribution in [0.5, 0.6) is 0 Å². The highest BCUT2D eigenvalue weighted by Crippen LogP contribution is 2.49. The van der Waals surface area contributed by atoms with Gasteiger partial charge in [0.15, 0.2) is 0 Å². The lowest BCUT2D eigenvalue weighted by atomic mass is 9.64. The third kappa shape index (κ3) is 2.67. The fraction of sp³-hybridized carbons (Fsp3) is 0.474. The Morgan fingerprint density at radius 1 is 1.05 bits per heavy atom. The molecule has 112 valence electrons. The first-order valence-corrected chi connectivity index (χ1v) is 8.93. The number of benzene rings is 1. The Kier molecular flexibility index (Phi) is 4.46. The number of hydrogen-bond donors (Lipinski definition) is 1. The Hall–Kier alpha value is -1.12. The van der Waals surface area contributed by atoms with Crippen LogP contribution in [0.2, 0.25) is 0 Å². The summed E-state index contributed by atoms with van der Waals surface area (Å²) in [5, 5.41) is 5.90. The molecule has 3 rings (SSSR count). The van der Waals surface area contributed by atoms with E-state index in [9.17, 15) is 0 Å². The molecule has 1 fully saturated rings. The normalized spacial score (nSPS) is 19.3. The number of aryl methyl sites for hydroxylation is 1. The minimum Gasteiger partial charge on any atom is -0.312 e. The molecule has 1 aromatic carbocycles. The van der Waals surface area contributed by atoms with Crippen molar-refractivity contribution in [1.82, 2.24) is 5.32 Å². The molecule has 2 heteroatoms. The fourth-order valence-corrected chi connectivity index (χ4v) is 5.19. The third-order valence-electron chi connectivity index (χ3n) is 5.10. The maximum absolute atomic E-state index is 3.66. The Balaban J connectivity index is 2.08. The van der Waals surface area contributed by atoms with Crippen LogP contribution < -0.4 is 5.32 Å². The molecule has 2 aromatic rings. The van der Waals surface area contributed by atoms with Crippen LogP contribution in [-0.2, 0) is 5.41 Å². The van der Waals surface area contributed by atoms with Crippen LogP contribution in [0.4, 0.5) is 0 Å². The largest absolute Gasteiger partial charge is 0.312 e. The summed E-state index contributed by atoms with van der Waals surface area (Å²) in [7, 11) is 2.13. The summed E-state index contributed by atoms with van der Waals surface area (Å²) in [6, 6.07) is 13.9. The molecular formula is C19H25NS. The van der Waals surface area contributed by atoms with Crippen molar-refractivity contribution in [2.45, 2.75) is 50.5 Å². The highest BCUT2D eigenvalue weighted by molar-refractivity contribution is 7.10. The summed E-state index contributed by atoms with van der Waals surface area (Å²) >= 11 is 1.91. The van der Waals surface area contributed by atoms with Crippen molar-refractivity contribution in [1.29, 1.82) is 0 Å². The molecule has 1 unspecified atom stereocenters. The quantitative estimate of drug-likeness (QED) is 0.816. The molecule has 0 saturated heterocycles. The predicted molar refractivity (Wildman–Crippen MR) is 92.1 cm³/mol. The maximum atomic E-state index is 3.66. The van der Waals surface area contributed by atoms with Crippen molar-refractivity contribution in [3.8, 4) is 0 Å². The molecule has 1 aromatic heterocycles. The van der Waals surface area contributed by atoms with Gasteiger partial charge in [-0.25, -0.2) is 0 Å². The van der Waals surface area contributed by atoms with Gasteiger partial charge in [0.05, 0.1) is 6.04 Å². The second-order valence-electron chi connectivity index (χ2n) is 6.27. The zero-order chi connectivity index (χ0) is 14.7. The van der Waals surface area contributed by atoms with Crippen molar-refractivity contribution in [2.24, 2.45) is 0 Å². The lowest BCUT2D eigenvalue weighted by Crippen LogP contribution is -2.42. The Morgan fingerprint density at radius 3 is 2.33 bits per heavy atom. The second-order valence-corrected chi connectivity index (χ2v) is 7.22. The molecule has 1 aliphatic carbocycles. The molecule has 0 bridgehead atoms. The van der Waals surface area contributed by atoms with Crippen LogP contribution in [-0.4, -0.2) is 7.05 Å². The standard InChI is InChI=1S/C19H25NS/c1-15-11-14-21-17(15)18(20-2)19(12-7-4-8-13-19)16-9-5-3-6-10-16/h3,5-6,9-11,14,18,20H,4,7-8,12-13H2,1-2H3. The van der Waals surface area contributed by atoms with E-state index in [4.69, 9.17) is 0 Å². The van der Waals surface area contributed by atoms with Crippen LogP contribution in [0.1, 0.15) is 54.1 Å². The van der Waals surface area contributed by atoms with Gasteiger partial charge in [0.25, 0.3) is 0 Å². The van der Waals surface area contributed by atoms with Gasteiger partial charge in [-0.2, -0.15) is 0 Å². The lowest BCUT2D eigenvalue weighted by Gasteiger charge is -2.44. The number of thiophene rings is 1. The molecule has 21 heavy (non-hydrogen) atoms. The number of rotatable bonds is 4. The average molecular weight is 299 g/mol. The molecule has 1 atom stereocenters. The van der Waals surface area contributed by atoms with Crippen LogP contribution in [0.3, 0.4) is 0 Å². The predicted octanol–water partition coefficient (Wildman–Crippen LogP) is 5.22. The Bertz CT molecular complexity index is 566. The summed E-state index contributed by atoms with van der Waals surface area (Å²) in [4.78, 5) is 1.52. The smallest absolute Gasteiger partial charge is 0.0513 e. The zero-order valence-electron chi connectivity index (χ0n) is 13.1. The van der Waals surface area contributed by atoms with Gasteiger partial charge in [0, 0.05) is 10.3 Å². The number of hydrogen-bond acceptors (Lipinski definition) is 2. The first kappa shape index (κ1) is 14.8. The molecule has 0 aliphatic heterocycles. The molecule has 1 N–H and O–H groups in total. The van der Waals surface area contributed by atoms with E-state index in [1.54, 1.807) is 0 Å². The summed E-state index contributed by atoms with van der Waals surface area (Å²) in [5.41, 5.74) is 3.20. The van der Waals surface area contributed by atoms with Crippen molar-refractivity contribution < 1.29 is 0 Å². The van der Waals surface area contributed by atoms with Crippen molar-refractivity contribution in [3.63, 3.8) is 0 Å². The van der Waals surface area contributed by atoms with Crippen molar-refractivity contribution >= 4 is 11.3 Å². The van der Waals surface area contributed by atoms with E-state index in [2.05, 4.69) is 61.1 Å². The van der Waals surface area contributed by atoms with Crippen LogP contribution in [0, 0.1) is 6.92 Å². The van der Waals surface area contributed by atoms with E-state index in [-0.39, 0.29) is 5.41 Å². The van der Waals surface area contributed by atoms with E-state index in [0.717, 1.165) is 0 Å². The monoisotopic (exact) mass is 299 g/mol. The molecule has 1 nitrogen and oxygen atoms in total. The molecule has 0 spiro atoms. The van der Waals surface area contributed by atoms with Gasteiger partial charge in [0.1, 0.15) is 0 Å². The molecule has 0 radical (unpaired) electrons. The Morgan fingerprint density at radius 2 is 1.76 bits per heavy atom. The van der Waals surface area contributed by atoms with Crippen molar-refractivity contribution in [3.05, 3.63) is 57.8 Å². The average Bonchev–Trinajstić information content (AvgIpc) is 2.96. The Labute approximate surface area is 132 Å². The fourth-order valence-electron chi connectivity index (χ4n) is 4.04. The third-order valence-corrected chi connectivity index (χ3v) is 6.18. The molecule has 1 heterocycles. The van der Waals surface area contributed by atoms with E-state index in [1.807, 2.05) is 11.3 Å². The van der Waals surface area contributed by atoms with E-state index < -0.39 is 0 Å². The molecule has 1 saturated carbocycles. The molecule has 0 amide bonds. The van der Waals surface area contributed by atoms with Crippen LogP contribution in [0.15, 0.2) is 41.8 Å². The second kappa shape index (κ2) is 6.33. The van der Waals surface area contributed by atoms with Crippen molar-refractivity contribution in [2.75, 3.05) is 7.05 Å². The van der Waals surface area contributed by atoms with E-state index >= 15 is 0 Å². The van der Waals surface area contributed by atoms with Gasteiger partial charge in [-0.05, 0) is 49.4 Å². The highest BCUT2D eigenvalue weighted by atomic mass is 32.1. The van der Waals surface area contributed by atoms with Gasteiger partial charge in [-0.15, -0.1) is 11.3 Å². The minimum atomic E-state index is 0.254. The SMILES string of the molecule is CNC(c1sccc1C)C1(c2ccccc2)CCCCC1. The van der Waals surface area contributed by atoms with Gasteiger partial charge in [-0.1, -0.05) is 49.6 Å². The van der Waals surface area contributed by atoms with Gasteiger partial charge in [-0.3, -0.25) is 0 Å². The first-order valence-electron chi connectivity index (χ1n) is 8.05. The van der Waals surface area contributed by atoms with Gasteiger partial charge >= 0.3 is 0 Å². The number of likely N-dealkylation sites (N-methyl/N-ethyl adjacent to an activating group) is 1. The van der Waals surface area contributed by atoms with Crippen LogP contribution >= 0.6 is 11.3 Å². The number of nitrogens with one attached hydrogen (secondary N) is 1. The topological polar surface area (TPSA) is 12.0 Å². The molecular weight excluding hydrogens is 274 g/mol. The first-order chi connectivity index (χ1) is 10.3. The summed E-state index contributed by atoms with van der Waals surface area (Å²) in [6.07, 6.45) is 6.66. The summed E-state index contributed by atoms with van der Waals surface area (Å²) in [5.74, 6) is 0. The minimum absolute atomic E-state index is 0.254. The van der Waals surface area contributed by atoms with E-state index in [1.165, 1.54) is 48.1 Å². The highest BCUT2D eigenvalue weighted by Gasteiger charge is 2.42. The van der Waals surface area contributed by atoms with Gasteiger partial charge < -0.3 is 5.32 Å². The molecule has 1 aliphatic rings. The zero-order valence-corrected chi connectivity index (χ0v) is 13.9. The van der Waals surface area contributed by atoms with Crippen LogP contribution in [0.25, 0.3) is 0 Å². The maximum Gasteiger partial charge on any atom is 0.0513 e.